The van der Waals surface area contributed by atoms with Gasteiger partial charge in [0.25, 0.3) is 11.8 Å². The van der Waals surface area contributed by atoms with Gasteiger partial charge in [0.15, 0.2) is 5.54 Å². The molecule has 1 unspecified atom stereocenters. The Bertz CT molecular complexity index is 1050. The van der Waals surface area contributed by atoms with Crippen LogP contribution in [-0.4, -0.2) is 72.3 Å². The van der Waals surface area contributed by atoms with E-state index in [4.69, 9.17) is 9.47 Å². The molecule has 1 saturated heterocycles. The fourth-order valence-electron chi connectivity index (χ4n) is 4.99. The summed E-state index contributed by atoms with van der Waals surface area (Å²) in [5.41, 5.74) is -0.430. The number of amides is 5. The van der Waals surface area contributed by atoms with Gasteiger partial charge in [0.05, 0.1) is 13.7 Å². The van der Waals surface area contributed by atoms with Crippen molar-refractivity contribution in [2.45, 2.75) is 76.2 Å². The maximum Gasteiger partial charge on any atom is 0.407 e. The second-order valence-electron chi connectivity index (χ2n) is 10.8. The van der Waals surface area contributed by atoms with Gasteiger partial charge in [-0.1, -0.05) is 0 Å². The summed E-state index contributed by atoms with van der Waals surface area (Å²) < 4.78 is 10.6. The van der Waals surface area contributed by atoms with Gasteiger partial charge in [0.1, 0.15) is 11.4 Å². The third kappa shape index (κ3) is 5.72. The van der Waals surface area contributed by atoms with Crippen molar-refractivity contribution in [1.29, 1.82) is 0 Å². The second kappa shape index (κ2) is 9.96. The van der Waals surface area contributed by atoms with Crippen LogP contribution in [0.25, 0.3) is 0 Å². The van der Waals surface area contributed by atoms with Crippen LogP contribution in [0.1, 0.15) is 62.4 Å². The predicted molar refractivity (Wildman–Crippen MR) is 131 cm³/mol. The highest BCUT2D eigenvalue weighted by Gasteiger charge is 2.49. The molecule has 2 heterocycles. The van der Waals surface area contributed by atoms with Gasteiger partial charge in [0, 0.05) is 30.7 Å². The molecule has 1 atom stereocenters. The number of carbonyl (C=O) groups is 4. The van der Waals surface area contributed by atoms with E-state index < -0.39 is 29.2 Å². The number of ether oxygens (including phenoxy) is 2. The number of nitrogens with one attached hydrogen (secondary N) is 4. The molecule has 5 amide bonds. The van der Waals surface area contributed by atoms with Crippen molar-refractivity contribution in [2.24, 2.45) is 0 Å². The first kappa shape index (κ1) is 25.7. The molecule has 0 bridgehead atoms. The molecule has 0 aromatic heterocycles. The molecule has 0 spiro atoms. The fraction of sp³-hybridized carbons (Fsp3) is 0.600. The van der Waals surface area contributed by atoms with Crippen LogP contribution in [0.15, 0.2) is 18.2 Å². The summed E-state index contributed by atoms with van der Waals surface area (Å²) in [6, 6.07) is 4.83. The molecule has 4 rings (SSSR count). The van der Waals surface area contributed by atoms with Crippen LogP contribution in [0.2, 0.25) is 0 Å². The molecule has 36 heavy (non-hydrogen) atoms. The molecule has 0 radical (unpaired) electrons. The van der Waals surface area contributed by atoms with Crippen molar-refractivity contribution in [1.82, 2.24) is 26.2 Å². The van der Waals surface area contributed by atoms with E-state index >= 15 is 0 Å². The Kier molecular flexibility index (Phi) is 7.12. The van der Waals surface area contributed by atoms with E-state index in [-0.39, 0.29) is 31.1 Å². The van der Waals surface area contributed by atoms with E-state index in [0.717, 1.165) is 31.2 Å². The summed E-state index contributed by atoms with van der Waals surface area (Å²) in [4.78, 5) is 51.6. The lowest BCUT2D eigenvalue weighted by molar-refractivity contribution is -0.124. The number of methoxy groups -OCH3 is 1. The van der Waals surface area contributed by atoms with Crippen molar-refractivity contribution >= 4 is 23.9 Å². The van der Waals surface area contributed by atoms with Crippen LogP contribution < -0.4 is 26.0 Å². The SMILES string of the molecule is COc1ccc2c(c1)CN(CC1(CN[C@H]3CC[C@@H](NC(=O)OC(C)(C)C)CC3)NC(=O)NC1=O)C2=O. The highest BCUT2D eigenvalue weighted by atomic mass is 16.6. The minimum atomic E-state index is -1.27. The molecule has 3 aliphatic rings. The molecule has 4 N–H and O–H groups in total. The van der Waals surface area contributed by atoms with Crippen molar-refractivity contribution in [3.63, 3.8) is 0 Å². The average Bonchev–Trinajstić information content (AvgIpc) is 3.26. The molecule has 2 fully saturated rings. The zero-order chi connectivity index (χ0) is 26.1. The average molecular weight is 502 g/mol. The zero-order valence-electron chi connectivity index (χ0n) is 21.2. The fourth-order valence-corrected chi connectivity index (χ4v) is 4.99. The number of imide groups is 1. The number of rotatable bonds is 7. The van der Waals surface area contributed by atoms with Crippen LogP contribution in [0, 0.1) is 0 Å². The van der Waals surface area contributed by atoms with Crippen LogP contribution in [0.3, 0.4) is 0 Å². The van der Waals surface area contributed by atoms with Crippen LogP contribution >= 0.6 is 0 Å². The number of hydrogen-bond acceptors (Lipinski definition) is 7. The molecule has 1 aromatic carbocycles. The molecule has 1 saturated carbocycles. The molecule has 196 valence electrons. The quantitative estimate of drug-likeness (QED) is 0.417. The number of hydrogen-bond donors (Lipinski definition) is 4. The summed E-state index contributed by atoms with van der Waals surface area (Å²) in [5, 5.41) is 11.4. The van der Waals surface area contributed by atoms with Gasteiger partial charge in [-0.05, 0) is 70.2 Å². The first-order valence-corrected chi connectivity index (χ1v) is 12.3. The van der Waals surface area contributed by atoms with Gasteiger partial charge in [0.2, 0.25) is 0 Å². The normalized spacial score (nSPS) is 25.8. The monoisotopic (exact) mass is 501 g/mol. The molecule has 11 heteroatoms. The Balaban J connectivity index is 1.35. The van der Waals surface area contributed by atoms with E-state index in [1.165, 1.54) is 0 Å². The van der Waals surface area contributed by atoms with Crippen molar-refractivity contribution in [3.8, 4) is 5.75 Å². The van der Waals surface area contributed by atoms with Gasteiger partial charge in [-0.3, -0.25) is 14.9 Å². The minimum Gasteiger partial charge on any atom is -0.497 e. The second-order valence-corrected chi connectivity index (χ2v) is 10.8. The Morgan fingerprint density at radius 2 is 1.83 bits per heavy atom. The molecule has 1 aliphatic carbocycles. The van der Waals surface area contributed by atoms with Gasteiger partial charge in [-0.2, -0.15) is 0 Å². The third-order valence-electron chi connectivity index (χ3n) is 6.81. The number of nitrogens with zero attached hydrogens (tertiary/aromatic N) is 1. The lowest BCUT2D eigenvalue weighted by atomic mass is 9.90. The zero-order valence-corrected chi connectivity index (χ0v) is 21.2. The van der Waals surface area contributed by atoms with Crippen LogP contribution in [-0.2, 0) is 16.1 Å². The summed E-state index contributed by atoms with van der Waals surface area (Å²) >= 11 is 0. The molecule has 2 aliphatic heterocycles. The number of fused-ring (bicyclic) bond motifs is 1. The van der Waals surface area contributed by atoms with Gasteiger partial charge in [-0.25, -0.2) is 9.59 Å². The molecular formula is C25H35N5O6. The van der Waals surface area contributed by atoms with Gasteiger partial charge < -0.3 is 30.3 Å². The largest absolute Gasteiger partial charge is 0.497 e. The summed E-state index contributed by atoms with van der Waals surface area (Å²) in [6.07, 6.45) is 2.70. The Morgan fingerprint density at radius 3 is 2.44 bits per heavy atom. The molecule has 1 aromatic rings. The first-order chi connectivity index (χ1) is 17.0. The van der Waals surface area contributed by atoms with Crippen molar-refractivity contribution in [2.75, 3.05) is 20.2 Å². The van der Waals surface area contributed by atoms with E-state index in [2.05, 4.69) is 21.3 Å². The lowest BCUT2D eigenvalue weighted by Crippen LogP contribution is -2.62. The maximum absolute atomic E-state index is 13.0. The first-order valence-electron chi connectivity index (χ1n) is 12.3. The minimum absolute atomic E-state index is 0.0269. The van der Waals surface area contributed by atoms with Gasteiger partial charge in [-0.15, -0.1) is 0 Å². The van der Waals surface area contributed by atoms with E-state index in [0.29, 0.717) is 17.9 Å². The Hall–Kier alpha value is -3.34. The summed E-state index contributed by atoms with van der Waals surface area (Å²) in [7, 11) is 1.57. The third-order valence-corrected chi connectivity index (χ3v) is 6.81. The smallest absolute Gasteiger partial charge is 0.407 e. The highest BCUT2D eigenvalue weighted by molar-refractivity contribution is 6.08. The van der Waals surface area contributed by atoms with Crippen LogP contribution in [0.5, 0.6) is 5.75 Å². The van der Waals surface area contributed by atoms with E-state index in [1.807, 2.05) is 26.8 Å². The molecule has 11 nitrogen and oxygen atoms in total. The lowest BCUT2D eigenvalue weighted by Gasteiger charge is -2.35. The number of alkyl carbamates (subject to hydrolysis) is 1. The Morgan fingerprint density at radius 1 is 1.14 bits per heavy atom. The number of urea groups is 1. The van der Waals surface area contributed by atoms with Gasteiger partial charge >= 0.3 is 12.1 Å². The highest BCUT2D eigenvalue weighted by Crippen LogP contribution is 2.29. The summed E-state index contributed by atoms with van der Waals surface area (Å²) in [5.74, 6) is 0.0137. The van der Waals surface area contributed by atoms with Crippen LogP contribution in [0.4, 0.5) is 9.59 Å². The predicted octanol–water partition coefficient (Wildman–Crippen LogP) is 1.65. The standard InChI is InChI=1S/C25H35N5O6/c1-24(2,3)36-23(34)27-17-7-5-16(6-8-17)26-13-25(21(32)28-22(33)29-25)14-30-12-15-11-18(35-4)9-10-19(15)20(30)31/h9-11,16-17,26H,5-8,12-14H2,1-4H3,(H,27,34)(H2,28,29,32,33)/t16-,17+,25?. The van der Waals surface area contributed by atoms with Crippen molar-refractivity contribution in [3.05, 3.63) is 29.3 Å². The summed E-state index contributed by atoms with van der Waals surface area (Å²) in [6.45, 7) is 6.04. The maximum atomic E-state index is 13.0. The Labute approximate surface area is 210 Å². The number of benzene rings is 1. The van der Waals surface area contributed by atoms with E-state index in [1.54, 1.807) is 24.1 Å². The van der Waals surface area contributed by atoms with E-state index in [9.17, 15) is 19.2 Å². The molecular weight excluding hydrogens is 466 g/mol. The topological polar surface area (TPSA) is 138 Å². The number of carbonyl (C=O) groups excluding carboxylic acids is 4. The van der Waals surface area contributed by atoms with Crippen molar-refractivity contribution < 1.29 is 28.7 Å².